The molecular weight excluding hydrogens is 380 g/mol. The summed E-state index contributed by atoms with van der Waals surface area (Å²) in [4.78, 5) is 14.2. The molecule has 0 fully saturated rings. The molecule has 1 unspecified atom stereocenters. The van der Waals surface area contributed by atoms with Crippen LogP contribution in [0.25, 0.3) is 17.1 Å². The number of H-pyrrole nitrogens is 1. The third-order valence-electron chi connectivity index (χ3n) is 5.44. The zero-order chi connectivity index (χ0) is 20.1. The summed E-state index contributed by atoms with van der Waals surface area (Å²) < 4.78 is 7.96. The second kappa shape index (κ2) is 6.51. The number of fused-ring (bicyclic) bond motifs is 2. The molecule has 5 aromatic rings. The van der Waals surface area contributed by atoms with Crippen molar-refractivity contribution in [2.45, 2.75) is 19.4 Å². The number of nitrogens with zero attached hydrogens (tertiary/aromatic N) is 7. The van der Waals surface area contributed by atoms with Gasteiger partial charge in [0.15, 0.2) is 0 Å². The lowest BCUT2D eigenvalue weighted by Crippen LogP contribution is -2.37. The lowest BCUT2D eigenvalue weighted by molar-refractivity contribution is 0.502. The smallest absolute Gasteiger partial charge is 0.319 e. The first kappa shape index (κ1) is 16.9. The van der Waals surface area contributed by atoms with Gasteiger partial charge in [-0.15, -0.1) is 5.10 Å². The average Bonchev–Trinajstić information content (AvgIpc) is 3.52. The molecule has 1 atom stereocenters. The fraction of sp³-hybridized carbons (Fsp3) is 0.190. The summed E-state index contributed by atoms with van der Waals surface area (Å²) in [6.07, 6.45) is 4.24. The number of aromatic amines is 1. The normalized spacial score (nSPS) is 16.2. The van der Waals surface area contributed by atoms with Crippen LogP contribution in [0.5, 0.6) is 0 Å². The van der Waals surface area contributed by atoms with E-state index in [0.29, 0.717) is 24.1 Å². The highest BCUT2D eigenvalue weighted by atomic mass is 16.4. The van der Waals surface area contributed by atoms with E-state index in [-0.39, 0.29) is 6.04 Å². The molecular formula is C21H18N8O. The Labute approximate surface area is 171 Å². The molecule has 0 aliphatic carbocycles. The molecule has 0 spiro atoms. The predicted molar refractivity (Wildman–Crippen MR) is 109 cm³/mol. The minimum Gasteiger partial charge on any atom is -0.402 e. The van der Waals surface area contributed by atoms with Crippen LogP contribution in [0.15, 0.2) is 59.4 Å². The van der Waals surface area contributed by atoms with Crippen molar-refractivity contribution in [3.63, 3.8) is 0 Å². The van der Waals surface area contributed by atoms with E-state index in [1.54, 1.807) is 12.5 Å². The molecule has 9 nitrogen and oxygen atoms in total. The van der Waals surface area contributed by atoms with E-state index in [4.69, 9.17) is 9.52 Å². The van der Waals surface area contributed by atoms with Gasteiger partial charge in [0, 0.05) is 30.6 Å². The number of anilines is 1. The third kappa shape index (κ3) is 2.59. The Balaban J connectivity index is 1.46. The van der Waals surface area contributed by atoms with Crippen molar-refractivity contribution < 1.29 is 4.42 Å². The molecule has 9 heteroatoms. The number of rotatable bonds is 3. The first-order chi connectivity index (χ1) is 14.8. The van der Waals surface area contributed by atoms with Gasteiger partial charge in [-0.2, -0.15) is 5.10 Å². The SMILES string of the molecule is Cc1cccc2cc(C3c4nc[nH]c4CCN3c3nnc(-c4ccccn4)o3)nn12. The van der Waals surface area contributed by atoms with Crippen molar-refractivity contribution >= 4 is 11.5 Å². The molecule has 1 N–H and O–H groups in total. The number of aromatic nitrogens is 7. The number of hydrogen-bond donors (Lipinski definition) is 1. The van der Waals surface area contributed by atoms with Gasteiger partial charge >= 0.3 is 6.01 Å². The zero-order valence-corrected chi connectivity index (χ0v) is 16.2. The van der Waals surface area contributed by atoms with Crippen LogP contribution in [0.1, 0.15) is 28.8 Å². The molecule has 5 aromatic heterocycles. The number of pyridine rings is 2. The van der Waals surface area contributed by atoms with Gasteiger partial charge in [-0.1, -0.05) is 17.2 Å². The van der Waals surface area contributed by atoms with Crippen LogP contribution in [0.2, 0.25) is 0 Å². The maximum absolute atomic E-state index is 6.02. The van der Waals surface area contributed by atoms with Crippen LogP contribution in [-0.4, -0.2) is 41.3 Å². The van der Waals surface area contributed by atoms with E-state index >= 15 is 0 Å². The quantitative estimate of drug-likeness (QED) is 0.498. The summed E-state index contributed by atoms with van der Waals surface area (Å²) >= 11 is 0. The van der Waals surface area contributed by atoms with Crippen molar-refractivity contribution in [3.8, 4) is 11.6 Å². The molecule has 30 heavy (non-hydrogen) atoms. The molecule has 0 amide bonds. The first-order valence-corrected chi connectivity index (χ1v) is 9.77. The van der Waals surface area contributed by atoms with Gasteiger partial charge in [0.1, 0.15) is 11.7 Å². The summed E-state index contributed by atoms with van der Waals surface area (Å²) in [7, 11) is 0. The van der Waals surface area contributed by atoms with Crippen molar-refractivity contribution in [3.05, 3.63) is 77.8 Å². The van der Waals surface area contributed by atoms with Gasteiger partial charge < -0.3 is 14.3 Å². The van der Waals surface area contributed by atoms with Crippen LogP contribution in [0.3, 0.4) is 0 Å². The highest BCUT2D eigenvalue weighted by Crippen LogP contribution is 2.36. The Bertz CT molecular complexity index is 1340. The zero-order valence-electron chi connectivity index (χ0n) is 16.2. The molecule has 0 saturated heterocycles. The Morgan fingerprint density at radius 3 is 2.93 bits per heavy atom. The first-order valence-electron chi connectivity index (χ1n) is 9.77. The van der Waals surface area contributed by atoms with E-state index in [1.807, 2.05) is 47.8 Å². The summed E-state index contributed by atoms with van der Waals surface area (Å²) in [5.74, 6) is 0.392. The second-order valence-corrected chi connectivity index (χ2v) is 7.29. The minimum atomic E-state index is -0.226. The largest absolute Gasteiger partial charge is 0.402 e. The number of nitrogens with one attached hydrogen (secondary N) is 1. The molecule has 0 aromatic carbocycles. The van der Waals surface area contributed by atoms with Gasteiger partial charge in [-0.3, -0.25) is 4.98 Å². The van der Waals surface area contributed by atoms with Crippen LogP contribution in [-0.2, 0) is 6.42 Å². The minimum absolute atomic E-state index is 0.226. The second-order valence-electron chi connectivity index (χ2n) is 7.29. The molecule has 148 valence electrons. The van der Waals surface area contributed by atoms with E-state index in [1.165, 1.54) is 0 Å². The molecule has 6 rings (SSSR count). The Kier molecular flexibility index (Phi) is 3.67. The lowest BCUT2D eigenvalue weighted by Gasteiger charge is -2.32. The maximum Gasteiger partial charge on any atom is 0.319 e. The van der Waals surface area contributed by atoms with E-state index in [0.717, 1.165) is 34.7 Å². The number of hydrogen-bond acceptors (Lipinski definition) is 7. The van der Waals surface area contributed by atoms with Crippen molar-refractivity contribution in [2.75, 3.05) is 11.4 Å². The van der Waals surface area contributed by atoms with E-state index < -0.39 is 0 Å². The van der Waals surface area contributed by atoms with E-state index in [2.05, 4.69) is 36.1 Å². The summed E-state index contributed by atoms with van der Waals surface area (Å²) in [6.45, 7) is 2.75. The summed E-state index contributed by atoms with van der Waals surface area (Å²) in [6, 6.07) is 14.0. The molecule has 6 heterocycles. The van der Waals surface area contributed by atoms with Crippen LogP contribution in [0, 0.1) is 6.92 Å². The van der Waals surface area contributed by atoms with Gasteiger partial charge in [-0.05, 0) is 37.3 Å². The Hall–Kier alpha value is -4.01. The highest BCUT2D eigenvalue weighted by Gasteiger charge is 2.36. The molecule has 1 aliphatic rings. The fourth-order valence-corrected chi connectivity index (χ4v) is 4.01. The van der Waals surface area contributed by atoms with Crippen LogP contribution < -0.4 is 4.90 Å². The van der Waals surface area contributed by atoms with Gasteiger partial charge in [-0.25, -0.2) is 9.50 Å². The average molecular weight is 398 g/mol. The van der Waals surface area contributed by atoms with Crippen molar-refractivity contribution in [1.82, 2.24) is 34.8 Å². The van der Waals surface area contributed by atoms with Crippen molar-refractivity contribution in [2.24, 2.45) is 0 Å². The predicted octanol–water partition coefficient (Wildman–Crippen LogP) is 2.96. The fourth-order valence-electron chi connectivity index (χ4n) is 4.01. The van der Waals surface area contributed by atoms with Crippen LogP contribution >= 0.6 is 0 Å². The lowest BCUT2D eigenvalue weighted by atomic mass is 10.0. The molecule has 0 radical (unpaired) electrons. The standard InChI is InChI=1S/C21H18N8O/c1-13-5-4-6-14-11-17(27-29(13)14)19-18-15(23-12-24-18)8-10-28(19)21-26-25-20(30-21)16-7-2-3-9-22-16/h2-7,9,11-12,19H,8,10H2,1H3,(H,23,24). The van der Waals surface area contributed by atoms with Crippen molar-refractivity contribution in [1.29, 1.82) is 0 Å². The summed E-state index contributed by atoms with van der Waals surface area (Å²) in [5, 5.41) is 13.4. The monoisotopic (exact) mass is 398 g/mol. The number of imidazole rings is 1. The van der Waals surface area contributed by atoms with E-state index in [9.17, 15) is 0 Å². The van der Waals surface area contributed by atoms with Gasteiger partial charge in [0.2, 0.25) is 0 Å². The van der Waals surface area contributed by atoms with Gasteiger partial charge in [0.25, 0.3) is 5.89 Å². The van der Waals surface area contributed by atoms with Crippen LogP contribution in [0.4, 0.5) is 6.01 Å². The Morgan fingerprint density at radius 2 is 2.07 bits per heavy atom. The molecule has 0 bridgehead atoms. The maximum atomic E-state index is 6.02. The van der Waals surface area contributed by atoms with Gasteiger partial charge in [0.05, 0.1) is 23.2 Å². The topological polar surface area (TPSA) is 101 Å². The number of aryl methyl sites for hydroxylation is 1. The Morgan fingerprint density at radius 1 is 1.10 bits per heavy atom. The molecule has 0 saturated carbocycles. The highest BCUT2D eigenvalue weighted by molar-refractivity contribution is 5.53. The third-order valence-corrected chi connectivity index (χ3v) is 5.44. The molecule has 1 aliphatic heterocycles. The summed E-state index contributed by atoms with van der Waals surface area (Å²) in [5.41, 5.74) is 5.67.